The summed E-state index contributed by atoms with van der Waals surface area (Å²) in [5, 5.41) is 11.6. The number of carbonyl (C=O) groups is 2. The second kappa shape index (κ2) is 8.15. The summed E-state index contributed by atoms with van der Waals surface area (Å²) in [7, 11) is 0. The minimum atomic E-state index is -0.464. The van der Waals surface area contributed by atoms with Crippen LogP contribution >= 0.6 is 11.8 Å². The van der Waals surface area contributed by atoms with Gasteiger partial charge in [-0.1, -0.05) is 12.1 Å². The average molecular weight is 426 g/mol. The largest absolute Gasteiger partial charge is 0.457 e. The Bertz CT molecular complexity index is 1080. The first-order valence-corrected chi connectivity index (χ1v) is 10.1. The van der Waals surface area contributed by atoms with Crippen molar-refractivity contribution in [2.45, 2.75) is 12.8 Å². The van der Waals surface area contributed by atoms with Crippen molar-refractivity contribution in [3.8, 4) is 11.3 Å². The van der Waals surface area contributed by atoms with Crippen LogP contribution in [0.25, 0.3) is 17.4 Å². The van der Waals surface area contributed by atoms with E-state index in [0.717, 1.165) is 0 Å². The van der Waals surface area contributed by atoms with E-state index in [4.69, 9.17) is 10.2 Å². The lowest BCUT2D eigenvalue weighted by molar-refractivity contribution is -0.384. The zero-order chi connectivity index (χ0) is 21.3. The Morgan fingerprint density at radius 2 is 2.07 bits per heavy atom. The molecule has 0 saturated carbocycles. The van der Waals surface area contributed by atoms with Gasteiger partial charge in [0.05, 0.1) is 9.83 Å². The number of thioether (sulfide) groups is 1. The Labute approximate surface area is 175 Å². The maximum Gasteiger partial charge on any atom is 0.286 e. The van der Waals surface area contributed by atoms with Crippen molar-refractivity contribution in [1.82, 2.24) is 4.90 Å². The lowest BCUT2D eigenvalue weighted by Gasteiger charge is -2.31. The normalized spacial score (nSPS) is 18.7. The Morgan fingerprint density at radius 3 is 2.77 bits per heavy atom. The van der Waals surface area contributed by atoms with E-state index in [1.807, 2.05) is 4.90 Å². The van der Waals surface area contributed by atoms with Crippen LogP contribution in [0.1, 0.15) is 18.6 Å². The van der Waals surface area contributed by atoms with Gasteiger partial charge in [0.25, 0.3) is 11.6 Å². The van der Waals surface area contributed by atoms with Crippen LogP contribution in [0, 0.1) is 16.0 Å². The van der Waals surface area contributed by atoms with Crippen LogP contribution in [0.15, 0.2) is 50.7 Å². The molecule has 4 rings (SSSR count). The SMILES string of the molecule is NC(=O)C1CCN(C2=NC(=O)/C(=C\c3ccc(-c4cccc([N+](=O)[O-])c4)o3)S2)CC1. The maximum absolute atomic E-state index is 12.3. The molecule has 154 valence electrons. The van der Waals surface area contributed by atoms with Crippen molar-refractivity contribution in [3.63, 3.8) is 0 Å². The fourth-order valence-corrected chi connectivity index (χ4v) is 4.32. The number of nitrogens with zero attached hydrogens (tertiary/aromatic N) is 3. The zero-order valence-electron chi connectivity index (χ0n) is 15.8. The predicted molar refractivity (Wildman–Crippen MR) is 112 cm³/mol. The topological polar surface area (TPSA) is 132 Å². The number of amidine groups is 1. The van der Waals surface area contributed by atoms with Crippen molar-refractivity contribution < 1.29 is 18.9 Å². The summed E-state index contributed by atoms with van der Waals surface area (Å²) < 4.78 is 5.76. The number of nitro groups is 1. The molecule has 0 spiro atoms. The van der Waals surface area contributed by atoms with Gasteiger partial charge in [-0.05, 0) is 36.7 Å². The number of aliphatic imine (C=N–C) groups is 1. The molecule has 30 heavy (non-hydrogen) atoms. The molecular weight excluding hydrogens is 408 g/mol. The van der Waals surface area contributed by atoms with Crippen molar-refractivity contribution in [1.29, 1.82) is 0 Å². The summed E-state index contributed by atoms with van der Waals surface area (Å²) in [4.78, 5) is 40.6. The molecule has 0 aliphatic carbocycles. The summed E-state index contributed by atoms with van der Waals surface area (Å²) >= 11 is 1.26. The predicted octanol–water partition coefficient (Wildman–Crippen LogP) is 3.02. The van der Waals surface area contributed by atoms with E-state index in [0.29, 0.717) is 53.1 Å². The molecule has 0 radical (unpaired) electrons. The molecule has 3 heterocycles. The fourth-order valence-electron chi connectivity index (χ4n) is 3.38. The third kappa shape index (κ3) is 4.13. The number of amides is 2. The average Bonchev–Trinajstić information content (AvgIpc) is 3.35. The summed E-state index contributed by atoms with van der Waals surface area (Å²) in [6, 6.07) is 9.55. The van der Waals surface area contributed by atoms with Gasteiger partial charge >= 0.3 is 0 Å². The Morgan fingerprint density at radius 1 is 1.30 bits per heavy atom. The molecule has 1 aromatic heterocycles. The second-order valence-corrected chi connectivity index (χ2v) is 7.99. The number of likely N-dealkylation sites (tertiary alicyclic amines) is 1. The number of furan rings is 1. The van der Waals surface area contributed by atoms with Crippen LogP contribution < -0.4 is 5.73 Å². The molecule has 2 aliphatic heterocycles. The van der Waals surface area contributed by atoms with Crippen LogP contribution in [0.2, 0.25) is 0 Å². The van der Waals surface area contributed by atoms with Gasteiger partial charge in [0.2, 0.25) is 5.91 Å². The smallest absolute Gasteiger partial charge is 0.286 e. The van der Waals surface area contributed by atoms with E-state index in [2.05, 4.69) is 4.99 Å². The number of piperidine rings is 1. The lowest BCUT2D eigenvalue weighted by Crippen LogP contribution is -2.40. The molecule has 2 N–H and O–H groups in total. The Hall–Kier alpha value is -3.40. The molecule has 2 amide bonds. The lowest BCUT2D eigenvalue weighted by atomic mass is 9.97. The third-order valence-electron chi connectivity index (χ3n) is 5.02. The van der Waals surface area contributed by atoms with Crippen molar-refractivity contribution in [2.75, 3.05) is 13.1 Å². The highest BCUT2D eigenvalue weighted by molar-refractivity contribution is 8.18. The first-order valence-electron chi connectivity index (χ1n) is 9.32. The highest BCUT2D eigenvalue weighted by Gasteiger charge is 2.30. The Balaban J connectivity index is 1.45. The van der Waals surface area contributed by atoms with Gasteiger partial charge in [0.15, 0.2) is 5.17 Å². The molecule has 2 aromatic rings. The molecule has 9 nitrogen and oxygen atoms in total. The van der Waals surface area contributed by atoms with Gasteiger partial charge in [0, 0.05) is 42.8 Å². The van der Waals surface area contributed by atoms with Crippen LogP contribution in [0.3, 0.4) is 0 Å². The molecule has 2 aliphatic rings. The minimum Gasteiger partial charge on any atom is -0.457 e. The number of rotatable bonds is 4. The standard InChI is InChI=1S/C20H18N4O5S/c21-18(25)12-6-8-23(9-7-12)20-22-19(26)17(30-20)11-15-4-5-16(29-15)13-2-1-3-14(10-13)24(27)28/h1-5,10-12H,6-9H2,(H2,21,25)/b17-11+. The summed E-state index contributed by atoms with van der Waals surface area (Å²) in [6.07, 6.45) is 2.90. The Kier molecular flexibility index (Phi) is 5.40. The molecular formula is C20H18N4O5S. The number of benzene rings is 1. The van der Waals surface area contributed by atoms with E-state index in [9.17, 15) is 19.7 Å². The van der Waals surface area contributed by atoms with Gasteiger partial charge in [-0.25, -0.2) is 0 Å². The van der Waals surface area contributed by atoms with Gasteiger partial charge in [0.1, 0.15) is 11.5 Å². The minimum absolute atomic E-state index is 0.0246. The molecule has 0 unspecified atom stereocenters. The number of carbonyl (C=O) groups excluding carboxylic acids is 2. The van der Waals surface area contributed by atoms with E-state index in [1.165, 1.54) is 23.9 Å². The van der Waals surface area contributed by atoms with Crippen molar-refractivity contribution in [2.24, 2.45) is 16.6 Å². The first kappa shape index (κ1) is 19.9. The first-order chi connectivity index (χ1) is 14.4. The number of hydrogen-bond acceptors (Lipinski definition) is 7. The molecule has 1 aromatic carbocycles. The van der Waals surface area contributed by atoms with E-state index in [-0.39, 0.29) is 23.4 Å². The molecule has 0 atom stereocenters. The van der Waals surface area contributed by atoms with Gasteiger partial charge in [-0.2, -0.15) is 4.99 Å². The quantitative estimate of drug-likeness (QED) is 0.451. The second-order valence-electron chi connectivity index (χ2n) is 6.98. The van der Waals surface area contributed by atoms with Crippen LogP contribution in [0.5, 0.6) is 0 Å². The number of primary amides is 1. The van der Waals surface area contributed by atoms with Crippen molar-refractivity contribution >= 4 is 40.5 Å². The zero-order valence-corrected chi connectivity index (χ0v) is 16.6. The molecule has 1 saturated heterocycles. The molecule has 0 bridgehead atoms. The van der Waals surface area contributed by atoms with Gasteiger partial charge < -0.3 is 15.1 Å². The maximum atomic E-state index is 12.3. The van der Waals surface area contributed by atoms with Crippen LogP contribution in [-0.2, 0) is 9.59 Å². The van der Waals surface area contributed by atoms with Crippen LogP contribution in [0.4, 0.5) is 5.69 Å². The summed E-state index contributed by atoms with van der Waals surface area (Å²) in [6.45, 7) is 1.25. The van der Waals surface area contributed by atoms with Crippen molar-refractivity contribution in [3.05, 3.63) is 57.2 Å². The number of non-ortho nitro benzene ring substituents is 1. The highest BCUT2D eigenvalue weighted by Crippen LogP contribution is 2.33. The monoisotopic (exact) mass is 426 g/mol. The molecule has 10 heteroatoms. The fraction of sp³-hybridized carbons (Fsp3) is 0.250. The number of nitrogens with two attached hydrogens (primary N) is 1. The highest BCUT2D eigenvalue weighted by atomic mass is 32.2. The van der Waals surface area contributed by atoms with E-state index in [1.54, 1.807) is 30.3 Å². The van der Waals surface area contributed by atoms with Gasteiger partial charge in [-0.15, -0.1) is 0 Å². The summed E-state index contributed by atoms with van der Waals surface area (Å²) in [5.74, 6) is 0.159. The number of hydrogen-bond donors (Lipinski definition) is 1. The van der Waals surface area contributed by atoms with E-state index >= 15 is 0 Å². The molecule has 1 fully saturated rings. The van der Waals surface area contributed by atoms with E-state index < -0.39 is 4.92 Å². The van der Waals surface area contributed by atoms with Crippen LogP contribution in [-0.4, -0.2) is 39.9 Å². The van der Waals surface area contributed by atoms with Gasteiger partial charge in [-0.3, -0.25) is 19.7 Å². The summed E-state index contributed by atoms with van der Waals surface area (Å²) in [5.41, 5.74) is 5.92. The number of nitro benzene ring substituents is 1. The third-order valence-corrected chi connectivity index (χ3v) is 6.06.